The smallest absolute Gasteiger partial charge is 0.234 e. The number of hydrogen-bond acceptors (Lipinski definition) is 3. The minimum absolute atomic E-state index is 0.627. The highest BCUT2D eigenvalue weighted by Crippen LogP contribution is 2.11. The van der Waals surface area contributed by atoms with Crippen molar-refractivity contribution in [2.45, 2.75) is 6.42 Å². The van der Waals surface area contributed by atoms with Gasteiger partial charge < -0.3 is 9.57 Å². The van der Waals surface area contributed by atoms with Gasteiger partial charge in [0.15, 0.2) is 0 Å². The molecule has 12 heavy (non-hydrogen) atoms. The van der Waals surface area contributed by atoms with Gasteiger partial charge in [-0.1, -0.05) is 23.4 Å². The maximum atomic E-state index is 5.40. The van der Waals surface area contributed by atoms with Gasteiger partial charge in [-0.05, 0) is 12.1 Å². The number of oxime groups is 1. The molecule has 0 saturated carbocycles. The van der Waals surface area contributed by atoms with E-state index in [1.54, 1.807) is 0 Å². The zero-order valence-corrected chi connectivity index (χ0v) is 6.56. The van der Waals surface area contributed by atoms with E-state index in [0.29, 0.717) is 12.5 Å². The molecule has 2 rings (SSSR count). The van der Waals surface area contributed by atoms with Gasteiger partial charge in [0.05, 0.1) is 6.42 Å². The fraction of sp³-hybridized carbons (Fsp3) is 0.222. The topological polar surface area (TPSA) is 30.8 Å². The summed E-state index contributed by atoms with van der Waals surface area (Å²) < 4.78 is 5.40. The largest absolute Gasteiger partial charge is 0.440 e. The van der Waals surface area contributed by atoms with Crippen LogP contribution in [-0.2, 0) is 4.84 Å². The van der Waals surface area contributed by atoms with Gasteiger partial charge in [0.2, 0.25) is 5.90 Å². The van der Waals surface area contributed by atoms with Crippen LogP contribution in [0.2, 0.25) is 0 Å². The summed E-state index contributed by atoms with van der Waals surface area (Å²) in [5.41, 5.74) is 0. The van der Waals surface area contributed by atoms with Crippen LogP contribution in [0.3, 0.4) is 0 Å². The molecular formula is C9H9NO2. The molecule has 0 unspecified atom stereocenters. The maximum absolute atomic E-state index is 5.40. The minimum Gasteiger partial charge on any atom is -0.440 e. The summed E-state index contributed by atoms with van der Waals surface area (Å²) in [7, 11) is 0. The summed E-state index contributed by atoms with van der Waals surface area (Å²) >= 11 is 0. The first-order valence-electron chi connectivity index (χ1n) is 3.87. The highest BCUT2D eigenvalue weighted by molar-refractivity contribution is 5.78. The Balaban J connectivity index is 2.04. The molecule has 3 heteroatoms. The van der Waals surface area contributed by atoms with Crippen molar-refractivity contribution >= 4 is 5.90 Å². The van der Waals surface area contributed by atoms with E-state index in [1.165, 1.54) is 0 Å². The van der Waals surface area contributed by atoms with Crippen molar-refractivity contribution in [1.82, 2.24) is 0 Å². The Morgan fingerprint density at radius 3 is 2.75 bits per heavy atom. The summed E-state index contributed by atoms with van der Waals surface area (Å²) in [4.78, 5) is 4.79. The lowest BCUT2D eigenvalue weighted by Gasteiger charge is -2.00. The highest BCUT2D eigenvalue weighted by atomic mass is 16.7. The summed E-state index contributed by atoms with van der Waals surface area (Å²) in [6.45, 7) is 0.627. The van der Waals surface area contributed by atoms with E-state index < -0.39 is 0 Å². The van der Waals surface area contributed by atoms with Crippen molar-refractivity contribution in [2.75, 3.05) is 6.61 Å². The molecule has 0 aromatic heterocycles. The van der Waals surface area contributed by atoms with Crippen molar-refractivity contribution in [3.05, 3.63) is 30.3 Å². The molecule has 62 valence electrons. The maximum Gasteiger partial charge on any atom is 0.234 e. The summed E-state index contributed by atoms with van der Waals surface area (Å²) in [5.74, 6) is 1.46. The van der Waals surface area contributed by atoms with Gasteiger partial charge in [-0.25, -0.2) is 0 Å². The van der Waals surface area contributed by atoms with Gasteiger partial charge in [-0.3, -0.25) is 0 Å². The van der Waals surface area contributed by atoms with Gasteiger partial charge in [-0.15, -0.1) is 0 Å². The van der Waals surface area contributed by atoms with E-state index in [-0.39, 0.29) is 0 Å². The predicted octanol–water partition coefficient (Wildman–Crippen LogP) is 1.80. The Morgan fingerprint density at radius 1 is 1.25 bits per heavy atom. The molecule has 1 aromatic carbocycles. The van der Waals surface area contributed by atoms with Gasteiger partial charge in [0.25, 0.3) is 0 Å². The van der Waals surface area contributed by atoms with Crippen molar-refractivity contribution in [2.24, 2.45) is 5.16 Å². The average Bonchev–Trinajstić information content (AvgIpc) is 2.59. The SMILES string of the molecule is c1ccc(OC2=NOCC2)cc1. The van der Waals surface area contributed by atoms with Crippen LogP contribution in [0.4, 0.5) is 0 Å². The number of nitrogens with zero attached hydrogens (tertiary/aromatic N) is 1. The van der Waals surface area contributed by atoms with Crippen LogP contribution < -0.4 is 4.74 Å². The molecule has 0 N–H and O–H groups in total. The summed E-state index contributed by atoms with van der Waals surface area (Å²) in [5, 5.41) is 3.73. The molecule has 0 spiro atoms. The highest BCUT2D eigenvalue weighted by Gasteiger charge is 2.09. The number of benzene rings is 1. The number of para-hydroxylation sites is 1. The van der Waals surface area contributed by atoms with Crippen LogP contribution >= 0.6 is 0 Å². The van der Waals surface area contributed by atoms with Gasteiger partial charge in [0, 0.05) is 0 Å². The molecule has 0 bridgehead atoms. The first-order valence-corrected chi connectivity index (χ1v) is 3.87. The predicted molar refractivity (Wildman–Crippen MR) is 45.1 cm³/mol. The van der Waals surface area contributed by atoms with Crippen LogP contribution in [0.25, 0.3) is 0 Å². The lowest BCUT2D eigenvalue weighted by molar-refractivity contribution is 0.173. The van der Waals surface area contributed by atoms with E-state index in [0.717, 1.165) is 12.2 Å². The molecule has 1 aliphatic rings. The van der Waals surface area contributed by atoms with E-state index in [2.05, 4.69) is 5.16 Å². The molecule has 0 amide bonds. The average molecular weight is 163 g/mol. The van der Waals surface area contributed by atoms with E-state index >= 15 is 0 Å². The molecule has 1 aliphatic heterocycles. The normalized spacial score (nSPS) is 15.2. The second-order valence-corrected chi connectivity index (χ2v) is 2.48. The van der Waals surface area contributed by atoms with Crippen LogP contribution in [0, 0.1) is 0 Å². The van der Waals surface area contributed by atoms with E-state index in [9.17, 15) is 0 Å². The quantitative estimate of drug-likeness (QED) is 0.632. The second kappa shape index (κ2) is 3.26. The molecule has 0 fully saturated rings. The van der Waals surface area contributed by atoms with E-state index in [4.69, 9.17) is 9.57 Å². The first-order chi connectivity index (χ1) is 5.95. The fourth-order valence-electron chi connectivity index (χ4n) is 0.990. The monoisotopic (exact) mass is 163 g/mol. The summed E-state index contributed by atoms with van der Waals surface area (Å²) in [6.07, 6.45) is 0.759. The third kappa shape index (κ3) is 1.56. The van der Waals surface area contributed by atoms with E-state index in [1.807, 2.05) is 30.3 Å². The Labute approximate surface area is 70.6 Å². The Hall–Kier alpha value is -1.51. The fourth-order valence-corrected chi connectivity index (χ4v) is 0.990. The minimum atomic E-state index is 0.627. The molecule has 1 heterocycles. The zero-order valence-electron chi connectivity index (χ0n) is 6.56. The van der Waals surface area contributed by atoms with Crippen molar-refractivity contribution in [1.29, 1.82) is 0 Å². The molecule has 0 saturated heterocycles. The van der Waals surface area contributed by atoms with Gasteiger partial charge in [-0.2, -0.15) is 0 Å². The molecule has 0 aliphatic carbocycles. The molecule has 1 aromatic rings. The van der Waals surface area contributed by atoms with Gasteiger partial charge in [0.1, 0.15) is 12.4 Å². The van der Waals surface area contributed by atoms with Crippen molar-refractivity contribution in [3.63, 3.8) is 0 Å². The van der Waals surface area contributed by atoms with Crippen LogP contribution in [0.5, 0.6) is 5.75 Å². The first kappa shape index (κ1) is 7.16. The molecule has 3 nitrogen and oxygen atoms in total. The van der Waals surface area contributed by atoms with Crippen molar-refractivity contribution in [3.8, 4) is 5.75 Å². The Bertz CT molecular complexity index is 282. The number of rotatable bonds is 1. The second-order valence-electron chi connectivity index (χ2n) is 2.48. The van der Waals surface area contributed by atoms with Crippen molar-refractivity contribution < 1.29 is 9.57 Å². The zero-order chi connectivity index (χ0) is 8.23. The molecular weight excluding hydrogens is 154 g/mol. The van der Waals surface area contributed by atoms with Gasteiger partial charge >= 0.3 is 0 Å². The Morgan fingerprint density at radius 2 is 2.08 bits per heavy atom. The summed E-state index contributed by atoms with van der Waals surface area (Å²) in [6, 6.07) is 9.57. The molecule has 0 radical (unpaired) electrons. The van der Waals surface area contributed by atoms with Crippen LogP contribution in [-0.4, -0.2) is 12.5 Å². The third-order valence-electron chi connectivity index (χ3n) is 1.55. The standard InChI is InChI=1S/C9H9NO2/c1-2-4-8(5-3-1)12-9-6-7-11-10-9/h1-5H,6-7H2. The number of hydrogen-bond donors (Lipinski definition) is 0. The van der Waals surface area contributed by atoms with Crippen LogP contribution in [0.1, 0.15) is 6.42 Å². The number of ether oxygens (including phenoxy) is 1. The lowest BCUT2D eigenvalue weighted by atomic mass is 10.3. The van der Waals surface area contributed by atoms with Crippen LogP contribution in [0.15, 0.2) is 35.5 Å². The lowest BCUT2D eigenvalue weighted by Crippen LogP contribution is -2.04. The Kier molecular flexibility index (Phi) is 1.94. The third-order valence-corrected chi connectivity index (χ3v) is 1.55. The molecule has 0 atom stereocenters.